The third-order valence-corrected chi connectivity index (χ3v) is 2.22. The van der Waals surface area contributed by atoms with Crippen LogP contribution in [-0.4, -0.2) is 18.1 Å². The first kappa shape index (κ1) is 12.7. The van der Waals surface area contributed by atoms with Crippen molar-refractivity contribution in [3.63, 3.8) is 0 Å². The van der Waals surface area contributed by atoms with Crippen molar-refractivity contribution in [1.29, 1.82) is 0 Å². The van der Waals surface area contributed by atoms with E-state index in [2.05, 4.69) is 4.98 Å². The molecule has 0 spiro atoms. The highest BCUT2D eigenvalue weighted by Gasteiger charge is 2.30. The minimum Gasteiger partial charge on any atom is -0.463 e. The molecule has 0 unspecified atom stereocenters. The maximum absolute atomic E-state index is 11.6. The molecular weight excluding hydrogens is 206 g/mol. The van der Waals surface area contributed by atoms with E-state index in [1.54, 1.807) is 0 Å². The van der Waals surface area contributed by atoms with Gasteiger partial charge in [0.05, 0.1) is 12.8 Å². The van der Waals surface area contributed by atoms with E-state index >= 15 is 0 Å². The molecule has 1 heterocycles. The molecule has 0 amide bonds. The molecule has 0 atom stereocenters. The van der Waals surface area contributed by atoms with E-state index in [-0.39, 0.29) is 17.1 Å². The van der Waals surface area contributed by atoms with Gasteiger partial charge in [0.15, 0.2) is 5.89 Å². The minimum atomic E-state index is -0.468. The second-order valence-corrected chi connectivity index (χ2v) is 5.13. The Labute approximate surface area is 96.0 Å². The topological polar surface area (TPSA) is 52.3 Å². The van der Waals surface area contributed by atoms with E-state index < -0.39 is 5.97 Å². The molecule has 0 aromatic carbocycles. The summed E-state index contributed by atoms with van der Waals surface area (Å²) >= 11 is 0. The van der Waals surface area contributed by atoms with Crippen LogP contribution < -0.4 is 0 Å². The van der Waals surface area contributed by atoms with Crippen molar-refractivity contribution in [2.24, 2.45) is 0 Å². The number of ether oxygens (including phenoxy) is 1. The Kier molecular flexibility index (Phi) is 3.41. The molecule has 0 aliphatic rings. The molecule has 0 aliphatic heterocycles. The van der Waals surface area contributed by atoms with Gasteiger partial charge >= 0.3 is 5.97 Å². The number of rotatable bonds is 2. The second-order valence-electron chi connectivity index (χ2n) is 5.13. The van der Waals surface area contributed by atoms with E-state index in [1.807, 2.05) is 34.6 Å². The number of oxazole rings is 1. The fraction of sp³-hybridized carbons (Fsp3) is 0.667. The molecule has 0 aliphatic carbocycles. The highest BCUT2D eigenvalue weighted by molar-refractivity contribution is 5.87. The molecular formula is C12H19NO3. The molecule has 0 radical (unpaired) electrons. The summed E-state index contributed by atoms with van der Waals surface area (Å²) in [5.41, 5.74) is 0.420. The number of hydrogen-bond acceptors (Lipinski definition) is 4. The second kappa shape index (κ2) is 4.28. The Balaban J connectivity index is 3.29. The minimum absolute atomic E-state index is 0.152. The molecule has 0 N–H and O–H groups in total. The lowest BCUT2D eigenvalue weighted by atomic mass is 9.91. The van der Waals surface area contributed by atoms with Gasteiger partial charge in [0.25, 0.3) is 0 Å². The number of hydrogen-bond donors (Lipinski definition) is 0. The van der Waals surface area contributed by atoms with Crippen molar-refractivity contribution in [3.8, 4) is 0 Å². The van der Waals surface area contributed by atoms with Gasteiger partial charge in [-0.2, -0.15) is 0 Å². The smallest absolute Gasteiger partial charge is 0.376 e. The number of carbonyl (C=O) groups excluding carboxylic acids is 1. The highest BCUT2D eigenvalue weighted by atomic mass is 16.5. The predicted octanol–water partition coefficient (Wildman–Crippen LogP) is 2.88. The van der Waals surface area contributed by atoms with Gasteiger partial charge in [-0.15, -0.1) is 0 Å². The molecule has 0 bridgehead atoms. The van der Waals surface area contributed by atoms with Crippen molar-refractivity contribution in [2.45, 2.75) is 46.0 Å². The molecule has 1 rings (SSSR count). The fourth-order valence-electron chi connectivity index (χ4n) is 1.32. The molecule has 1 aromatic heterocycles. The average molecular weight is 225 g/mol. The molecule has 1 aromatic rings. The van der Waals surface area contributed by atoms with Gasteiger partial charge in [0.1, 0.15) is 0 Å². The zero-order valence-electron chi connectivity index (χ0n) is 10.7. The van der Waals surface area contributed by atoms with E-state index in [9.17, 15) is 4.79 Å². The lowest BCUT2D eigenvalue weighted by molar-refractivity contribution is 0.0559. The largest absolute Gasteiger partial charge is 0.463 e. The standard InChI is InChI=1S/C12H19NO3/c1-7(2)10-13-9(12(3,4)5)8(16-10)11(14)15-6/h7H,1-6H3. The van der Waals surface area contributed by atoms with Crippen LogP contribution in [0.4, 0.5) is 0 Å². The van der Waals surface area contributed by atoms with Crippen LogP contribution in [0.2, 0.25) is 0 Å². The van der Waals surface area contributed by atoms with Crippen LogP contribution >= 0.6 is 0 Å². The van der Waals surface area contributed by atoms with Crippen molar-refractivity contribution < 1.29 is 13.9 Å². The SMILES string of the molecule is COC(=O)c1oc(C(C)C)nc1C(C)(C)C. The summed E-state index contributed by atoms with van der Waals surface area (Å²) in [5, 5.41) is 0. The van der Waals surface area contributed by atoms with Crippen LogP contribution in [0, 0.1) is 0 Å². The van der Waals surface area contributed by atoms with Gasteiger partial charge < -0.3 is 9.15 Å². The van der Waals surface area contributed by atoms with Crippen molar-refractivity contribution in [1.82, 2.24) is 4.98 Å². The predicted molar refractivity (Wildman–Crippen MR) is 60.6 cm³/mol. The Morgan fingerprint density at radius 3 is 2.31 bits per heavy atom. The van der Waals surface area contributed by atoms with Crippen LogP contribution in [0.1, 0.15) is 62.7 Å². The summed E-state index contributed by atoms with van der Waals surface area (Å²) < 4.78 is 10.2. The van der Waals surface area contributed by atoms with Crippen molar-refractivity contribution >= 4 is 5.97 Å². The quantitative estimate of drug-likeness (QED) is 0.726. The number of aromatic nitrogens is 1. The number of esters is 1. The molecule has 90 valence electrons. The third kappa shape index (κ3) is 2.43. The van der Waals surface area contributed by atoms with Crippen molar-refractivity contribution in [3.05, 3.63) is 17.3 Å². The number of methoxy groups -OCH3 is 1. The van der Waals surface area contributed by atoms with E-state index in [0.29, 0.717) is 11.6 Å². The Hall–Kier alpha value is -1.32. The zero-order valence-corrected chi connectivity index (χ0v) is 10.7. The molecule has 0 saturated heterocycles. The Morgan fingerprint density at radius 2 is 1.94 bits per heavy atom. The first-order valence-corrected chi connectivity index (χ1v) is 5.37. The van der Waals surface area contributed by atoms with E-state index in [1.165, 1.54) is 7.11 Å². The summed E-state index contributed by atoms with van der Waals surface area (Å²) in [7, 11) is 1.34. The van der Waals surface area contributed by atoms with Crippen LogP contribution in [0.5, 0.6) is 0 Å². The first-order chi connectivity index (χ1) is 7.27. The van der Waals surface area contributed by atoms with Gasteiger partial charge in [-0.05, 0) is 0 Å². The summed E-state index contributed by atoms with van der Waals surface area (Å²) in [5.74, 6) is 0.479. The lowest BCUT2D eigenvalue weighted by Crippen LogP contribution is -2.17. The number of carbonyl (C=O) groups is 1. The highest BCUT2D eigenvalue weighted by Crippen LogP contribution is 2.28. The van der Waals surface area contributed by atoms with Crippen LogP contribution in [-0.2, 0) is 10.2 Å². The Bertz CT molecular complexity index is 385. The third-order valence-electron chi connectivity index (χ3n) is 2.22. The molecule has 0 saturated carbocycles. The van der Waals surface area contributed by atoms with Crippen molar-refractivity contribution in [2.75, 3.05) is 7.11 Å². The van der Waals surface area contributed by atoms with Gasteiger partial charge in [-0.1, -0.05) is 34.6 Å². The Morgan fingerprint density at radius 1 is 1.38 bits per heavy atom. The van der Waals surface area contributed by atoms with Crippen LogP contribution in [0.3, 0.4) is 0 Å². The monoisotopic (exact) mass is 225 g/mol. The summed E-state index contributed by atoms with van der Waals surface area (Å²) in [4.78, 5) is 15.9. The molecule has 0 fully saturated rings. The van der Waals surface area contributed by atoms with Gasteiger partial charge in [-0.3, -0.25) is 0 Å². The normalized spacial score (nSPS) is 11.9. The molecule has 4 nitrogen and oxygen atoms in total. The maximum Gasteiger partial charge on any atom is 0.376 e. The maximum atomic E-state index is 11.6. The van der Waals surface area contributed by atoms with Gasteiger partial charge in [0, 0.05) is 11.3 Å². The molecule has 16 heavy (non-hydrogen) atoms. The summed E-state index contributed by atoms with van der Waals surface area (Å²) in [6.45, 7) is 9.91. The van der Waals surface area contributed by atoms with Crippen LogP contribution in [0.15, 0.2) is 4.42 Å². The summed E-state index contributed by atoms with van der Waals surface area (Å²) in [6.07, 6.45) is 0. The van der Waals surface area contributed by atoms with Gasteiger partial charge in [-0.25, -0.2) is 9.78 Å². The van der Waals surface area contributed by atoms with Gasteiger partial charge in [0.2, 0.25) is 5.76 Å². The van der Waals surface area contributed by atoms with E-state index in [0.717, 1.165) is 0 Å². The average Bonchev–Trinajstić information content (AvgIpc) is 2.60. The molecule has 4 heteroatoms. The number of nitrogens with zero attached hydrogens (tertiary/aromatic N) is 1. The summed E-state index contributed by atoms with van der Waals surface area (Å²) in [6, 6.07) is 0. The first-order valence-electron chi connectivity index (χ1n) is 5.37. The fourth-order valence-corrected chi connectivity index (χ4v) is 1.32. The van der Waals surface area contributed by atoms with Crippen LogP contribution in [0.25, 0.3) is 0 Å². The van der Waals surface area contributed by atoms with E-state index in [4.69, 9.17) is 9.15 Å². The zero-order chi connectivity index (χ0) is 12.5. The lowest BCUT2D eigenvalue weighted by Gasteiger charge is -2.15.